The number of rotatable bonds is 4. The standard InChI is InChI=1S/C25H31N5O4S/c1-24(2,3)34-23(31)29-15-12-25(29)11-7-13-28(17-25)21-20-10-14-30(22(20)27-18-26-21)35(32,33)16-19-8-5-4-6-9-19/h4-6,8-10,14,18H,7,11-13,15-17H2,1-3H3. The van der Waals surface area contributed by atoms with Crippen molar-refractivity contribution in [2.45, 2.75) is 56.9 Å². The van der Waals surface area contributed by atoms with Gasteiger partial charge in [0.25, 0.3) is 0 Å². The van der Waals surface area contributed by atoms with Crippen molar-refractivity contribution < 1.29 is 17.9 Å². The van der Waals surface area contributed by atoms with Gasteiger partial charge in [-0.05, 0) is 51.7 Å². The summed E-state index contributed by atoms with van der Waals surface area (Å²) in [6.45, 7) is 7.70. The van der Waals surface area contributed by atoms with Crippen molar-refractivity contribution in [3.8, 4) is 0 Å². The normalized spacial score (nSPS) is 20.8. The number of aromatic nitrogens is 3. The van der Waals surface area contributed by atoms with Crippen molar-refractivity contribution in [2.75, 3.05) is 24.5 Å². The summed E-state index contributed by atoms with van der Waals surface area (Å²) in [7, 11) is -3.66. The number of ether oxygens (including phenoxy) is 1. The second-order valence-corrected chi connectivity index (χ2v) is 12.3. The fourth-order valence-corrected chi connectivity index (χ4v) is 6.51. The lowest BCUT2D eigenvalue weighted by Crippen LogP contribution is -2.69. The molecule has 2 fully saturated rings. The van der Waals surface area contributed by atoms with Crippen LogP contribution in [-0.2, 0) is 20.5 Å². The smallest absolute Gasteiger partial charge is 0.410 e. The highest BCUT2D eigenvalue weighted by Crippen LogP contribution is 2.41. The molecule has 5 rings (SSSR count). The molecule has 9 nitrogen and oxygen atoms in total. The molecule has 1 spiro atoms. The van der Waals surface area contributed by atoms with E-state index in [-0.39, 0.29) is 17.4 Å². The Balaban J connectivity index is 1.42. The number of benzene rings is 1. The number of hydrogen-bond donors (Lipinski definition) is 0. The average molecular weight is 498 g/mol. The summed E-state index contributed by atoms with van der Waals surface area (Å²) >= 11 is 0. The lowest BCUT2D eigenvalue weighted by molar-refractivity contribution is -0.0496. The van der Waals surface area contributed by atoms with Gasteiger partial charge in [0.05, 0.1) is 16.7 Å². The Morgan fingerprint density at radius 3 is 2.54 bits per heavy atom. The maximum atomic E-state index is 13.2. The number of carbonyl (C=O) groups excluding carboxylic acids is 1. The summed E-state index contributed by atoms with van der Waals surface area (Å²) in [5.41, 5.74) is 0.242. The maximum absolute atomic E-state index is 13.2. The molecule has 35 heavy (non-hydrogen) atoms. The van der Waals surface area contributed by atoms with Gasteiger partial charge in [-0.2, -0.15) is 0 Å². The third kappa shape index (κ3) is 4.47. The largest absolute Gasteiger partial charge is 0.444 e. The zero-order valence-electron chi connectivity index (χ0n) is 20.3. The van der Waals surface area contributed by atoms with E-state index in [2.05, 4.69) is 14.9 Å². The third-order valence-corrected chi connectivity index (χ3v) is 8.35. The third-order valence-electron chi connectivity index (χ3n) is 6.76. The Kier molecular flexibility index (Phi) is 5.74. The fraction of sp³-hybridized carbons (Fsp3) is 0.480. The minimum absolute atomic E-state index is 0.116. The maximum Gasteiger partial charge on any atom is 0.410 e. The van der Waals surface area contributed by atoms with Gasteiger partial charge in [0.2, 0.25) is 10.0 Å². The van der Waals surface area contributed by atoms with Gasteiger partial charge < -0.3 is 14.5 Å². The zero-order chi connectivity index (χ0) is 24.8. The van der Waals surface area contributed by atoms with E-state index in [1.54, 1.807) is 24.4 Å². The fourth-order valence-electron chi connectivity index (χ4n) is 5.11. The van der Waals surface area contributed by atoms with Crippen molar-refractivity contribution in [2.24, 2.45) is 0 Å². The first-order chi connectivity index (χ1) is 16.6. The molecule has 4 heterocycles. The van der Waals surface area contributed by atoms with Gasteiger partial charge in [0.15, 0.2) is 5.65 Å². The minimum Gasteiger partial charge on any atom is -0.444 e. The summed E-state index contributed by atoms with van der Waals surface area (Å²) in [5.74, 6) is 0.577. The molecule has 0 N–H and O–H groups in total. The first kappa shape index (κ1) is 23.6. The molecule has 1 unspecified atom stereocenters. The molecule has 0 saturated carbocycles. The summed E-state index contributed by atoms with van der Waals surface area (Å²) < 4.78 is 33.3. The second-order valence-electron chi connectivity index (χ2n) is 10.4. The molecule has 1 amide bonds. The molecule has 0 bridgehead atoms. The molecule has 10 heteroatoms. The van der Waals surface area contributed by atoms with Crippen LogP contribution in [0.25, 0.3) is 11.0 Å². The van der Waals surface area contributed by atoms with E-state index in [0.29, 0.717) is 35.5 Å². The molecule has 1 aromatic carbocycles. The van der Waals surface area contributed by atoms with E-state index < -0.39 is 15.6 Å². The van der Waals surface area contributed by atoms with Gasteiger partial charge in [0, 0.05) is 25.8 Å². The Morgan fingerprint density at radius 2 is 1.86 bits per heavy atom. The number of hydrogen-bond acceptors (Lipinski definition) is 7. The predicted octanol–water partition coefficient (Wildman–Crippen LogP) is 3.79. The van der Waals surface area contributed by atoms with E-state index >= 15 is 0 Å². The van der Waals surface area contributed by atoms with Crippen LogP contribution in [0.4, 0.5) is 10.6 Å². The van der Waals surface area contributed by atoms with Crippen LogP contribution in [-0.4, -0.2) is 64.1 Å². The Labute approximate surface area is 205 Å². The van der Waals surface area contributed by atoms with E-state index in [1.165, 1.54) is 10.3 Å². The number of anilines is 1. The van der Waals surface area contributed by atoms with Crippen molar-refractivity contribution in [1.29, 1.82) is 0 Å². The monoisotopic (exact) mass is 497 g/mol. The summed E-state index contributed by atoms with van der Waals surface area (Å²) in [6, 6.07) is 10.9. The van der Waals surface area contributed by atoms with Gasteiger partial charge in [-0.3, -0.25) is 0 Å². The molecule has 2 aliphatic heterocycles. The van der Waals surface area contributed by atoms with Gasteiger partial charge >= 0.3 is 6.09 Å². The van der Waals surface area contributed by atoms with E-state index in [4.69, 9.17) is 4.74 Å². The number of nitrogens with zero attached hydrogens (tertiary/aromatic N) is 5. The molecule has 2 aliphatic rings. The van der Waals surface area contributed by atoms with Crippen LogP contribution in [0.1, 0.15) is 45.6 Å². The Bertz CT molecular complexity index is 1350. The molecule has 0 radical (unpaired) electrons. The zero-order valence-corrected chi connectivity index (χ0v) is 21.2. The molecule has 2 saturated heterocycles. The first-order valence-corrected chi connectivity index (χ1v) is 13.5. The van der Waals surface area contributed by atoms with Crippen molar-refractivity contribution >= 4 is 33.0 Å². The van der Waals surface area contributed by atoms with Gasteiger partial charge in [-0.15, -0.1) is 0 Å². The van der Waals surface area contributed by atoms with E-state index in [1.807, 2.05) is 43.9 Å². The molecule has 2 aromatic heterocycles. The van der Waals surface area contributed by atoms with Crippen molar-refractivity contribution in [1.82, 2.24) is 18.8 Å². The number of carbonyl (C=O) groups is 1. The highest BCUT2D eigenvalue weighted by atomic mass is 32.2. The highest BCUT2D eigenvalue weighted by Gasteiger charge is 2.51. The lowest BCUT2D eigenvalue weighted by atomic mass is 9.78. The quantitative estimate of drug-likeness (QED) is 0.541. The average Bonchev–Trinajstić information content (AvgIpc) is 3.23. The van der Waals surface area contributed by atoms with E-state index in [0.717, 1.165) is 25.8 Å². The van der Waals surface area contributed by atoms with Crippen LogP contribution in [0.2, 0.25) is 0 Å². The van der Waals surface area contributed by atoms with Crippen LogP contribution < -0.4 is 4.90 Å². The van der Waals surface area contributed by atoms with Crippen LogP contribution in [0.15, 0.2) is 48.9 Å². The van der Waals surface area contributed by atoms with Crippen LogP contribution in [0.3, 0.4) is 0 Å². The molecule has 186 valence electrons. The molecular weight excluding hydrogens is 466 g/mol. The lowest BCUT2D eigenvalue weighted by Gasteiger charge is -2.56. The Hall–Kier alpha value is -3.14. The molecule has 1 atom stereocenters. The van der Waals surface area contributed by atoms with Gasteiger partial charge in [0.1, 0.15) is 17.7 Å². The summed E-state index contributed by atoms with van der Waals surface area (Å²) in [4.78, 5) is 25.7. The van der Waals surface area contributed by atoms with Crippen molar-refractivity contribution in [3.05, 3.63) is 54.5 Å². The highest BCUT2D eigenvalue weighted by molar-refractivity contribution is 7.89. The van der Waals surface area contributed by atoms with Crippen LogP contribution in [0.5, 0.6) is 0 Å². The first-order valence-electron chi connectivity index (χ1n) is 11.9. The van der Waals surface area contributed by atoms with Gasteiger partial charge in [-0.25, -0.2) is 27.2 Å². The SMILES string of the molecule is CC(C)(C)OC(=O)N1CCC12CCCN(c1ncnc3c1ccn3S(=O)(=O)Cc1ccccc1)C2. The number of amides is 1. The molecule has 0 aliphatic carbocycles. The summed E-state index contributed by atoms with van der Waals surface area (Å²) in [6.07, 6.45) is 5.40. The molecular formula is C25H31N5O4S. The Morgan fingerprint density at radius 1 is 1.09 bits per heavy atom. The molecule has 3 aromatic rings. The van der Waals surface area contributed by atoms with Crippen molar-refractivity contribution in [3.63, 3.8) is 0 Å². The van der Waals surface area contributed by atoms with E-state index in [9.17, 15) is 13.2 Å². The minimum atomic E-state index is -3.66. The predicted molar refractivity (Wildman–Crippen MR) is 134 cm³/mol. The van der Waals surface area contributed by atoms with Crippen LogP contribution >= 0.6 is 0 Å². The topological polar surface area (TPSA) is 97.6 Å². The number of piperidine rings is 1. The summed E-state index contributed by atoms with van der Waals surface area (Å²) in [5, 5.41) is 0.685. The van der Waals surface area contributed by atoms with Crippen LogP contribution in [0, 0.1) is 0 Å². The number of fused-ring (bicyclic) bond motifs is 1. The number of likely N-dealkylation sites (tertiary alicyclic amines) is 1. The van der Waals surface area contributed by atoms with Gasteiger partial charge in [-0.1, -0.05) is 30.3 Å². The second kappa shape index (κ2) is 8.51.